The van der Waals surface area contributed by atoms with E-state index in [1.165, 1.54) is 24.5 Å². The summed E-state index contributed by atoms with van der Waals surface area (Å²) >= 11 is 0. The molecule has 182 valence electrons. The summed E-state index contributed by atoms with van der Waals surface area (Å²) in [6.45, 7) is 3.23. The predicted molar refractivity (Wildman–Crippen MR) is 122 cm³/mol. The minimum atomic E-state index is -4.43. The van der Waals surface area contributed by atoms with Gasteiger partial charge < -0.3 is 10.2 Å². The Balaban J connectivity index is 0.00000274. The van der Waals surface area contributed by atoms with Gasteiger partial charge in [-0.2, -0.15) is 13.2 Å². The van der Waals surface area contributed by atoms with Gasteiger partial charge in [-0.25, -0.2) is 4.98 Å². The number of hydrogen-bond acceptors (Lipinski definition) is 6. The summed E-state index contributed by atoms with van der Waals surface area (Å²) in [6, 6.07) is 5.71. The number of likely N-dealkylation sites (tertiary alicyclic amines) is 1. The number of alkyl halides is 3. The van der Waals surface area contributed by atoms with Crippen LogP contribution in [0.2, 0.25) is 0 Å². The first kappa shape index (κ1) is 24.4. The average molecular weight is 497 g/mol. The Labute approximate surface area is 198 Å². The van der Waals surface area contributed by atoms with Crippen molar-refractivity contribution in [3.8, 4) is 0 Å². The molecule has 1 atom stereocenters. The molecule has 0 amide bonds. The van der Waals surface area contributed by atoms with Crippen LogP contribution in [-0.4, -0.2) is 49.7 Å². The number of aromatic nitrogens is 4. The topological polar surface area (TPSA) is 85.0 Å². The Morgan fingerprint density at radius 2 is 1.76 bits per heavy atom. The molecule has 5 heterocycles. The lowest BCUT2D eigenvalue weighted by molar-refractivity contribution is -0.141. The van der Waals surface area contributed by atoms with Gasteiger partial charge in [0.25, 0.3) is 11.1 Å². The predicted octanol–water partition coefficient (Wildman–Crippen LogP) is 2.20. The van der Waals surface area contributed by atoms with Gasteiger partial charge in [-0.3, -0.25) is 23.7 Å². The molecule has 3 aromatic heterocycles. The highest BCUT2D eigenvalue weighted by Crippen LogP contribution is 2.27. The molecule has 0 aliphatic carbocycles. The molecule has 34 heavy (non-hydrogen) atoms. The van der Waals surface area contributed by atoms with E-state index in [4.69, 9.17) is 0 Å². The number of pyridine rings is 2. The Kier molecular flexibility index (Phi) is 6.79. The monoisotopic (exact) mass is 496 g/mol. The van der Waals surface area contributed by atoms with Crippen molar-refractivity contribution in [2.75, 3.05) is 19.6 Å². The quantitative estimate of drug-likeness (QED) is 0.583. The van der Waals surface area contributed by atoms with E-state index in [-0.39, 0.29) is 35.6 Å². The maximum atomic E-state index is 12.6. The largest absolute Gasteiger partial charge is 0.433 e. The third-order valence-corrected chi connectivity index (χ3v) is 6.44. The molecule has 1 unspecified atom stereocenters. The highest BCUT2D eigenvalue weighted by molar-refractivity contribution is 5.85. The van der Waals surface area contributed by atoms with Crippen molar-refractivity contribution in [3.63, 3.8) is 0 Å². The van der Waals surface area contributed by atoms with Crippen LogP contribution in [0, 0.1) is 0 Å². The van der Waals surface area contributed by atoms with Crippen molar-refractivity contribution in [1.82, 2.24) is 29.3 Å². The summed E-state index contributed by atoms with van der Waals surface area (Å²) in [4.78, 5) is 34.7. The fourth-order valence-corrected chi connectivity index (χ4v) is 4.74. The van der Waals surface area contributed by atoms with Crippen molar-refractivity contribution in [3.05, 3.63) is 68.6 Å². The maximum absolute atomic E-state index is 12.6. The van der Waals surface area contributed by atoms with Gasteiger partial charge in [0.2, 0.25) is 0 Å². The molecule has 8 nitrogen and oxygen atoms in total. The van der Waals surface area contributed by atoms with E-state index >= 15 is 0 Å². The van der Waals surface area contributed by atoms with Gasteiger partial charge in [0.05, 0.1) is 12.2 Å². The van der Waals surface area contributed by atoms with Crippen molar-refractivity contribution in [2.45, 2.75) is 44.2 Å². The van der Waals surface area contributed by atoms with Gasteiger partial charge in [-0.15, -0.1) is 12.4 Å². The second kappa shape index (κ2) is 9.47. The van der Waals surface area contributed by atoms with Crippen LogP contribution in [-0.2, 0) is 19.3 Å². The molecule has 1 N–H and O–H groups in total. The van der Waals surface area contributed by atoms with Crippen molar-refractivity contribution in [1.29, 1.82) is 0 Å². The zero-order valence-electron chi connectivity index (χ0n) is 18.2. The molecule has 2 aliphatic heterocycles. The third-order valence-electron chi connectivity index (χ3n) is 6.44. The summed E-state index contributed by atoms with van der Waals surface area (Å²) in [7, 11) is 0. The van der Waals surface area contributed by atoms with E-state index in [0.717, 1.165) is 32.0 Å². The van der Waals surface area contributed by atoms with Crippen LogP contribution in [0.1, 0.15) is 30.1 Å². The fourth-order valence-electron chi connectivity index (χ4n) is 4.74. The van der Waals surface area contributed by atoms with Crippen LogP contribution in [0.4, 0.5) is 13.2 Å². The molecule has 12 heteroatoms. The van der Waals surface area contributed by atoms with Crippen LogP contribution in [0.25, 0.3) is 11.2 Å². The molecule has 5 rings (SSSR count). The Morgan fingerprint density at radius 3 is 2.44 bits per heavy atom. The zero-order chi connectivity index (χ0) is 23.2. The average Bonchev–Trinajstić information content (AvgIpc) is 3.18. The van der Waals surface area contributed by atoms with E-state index in [0.29, 0.717) is 36.4 Å². The molecule has 2 aliphatic rings. The summed E-state index contributed by atoms with van der Waals surface area (Å²) in [5.41, 5.74) is 0.707. The SMILES string of the molecule is Cl.O=c1ccc2ncc(=O)n3c2n1CC3CN1CCC(NCc2ccc(C(F)(F)F)nc2)CC1. The lowest BCUT2D eigenvalue weighted by atomic mass is 10.0. The van der Waals surface area contributed by atoms with Gasteiger partial charge in [-0.1, -0.05) is 6.07 Å². The van der Waals surface area contributed by atoms with Gasteiger partial charge in [0, 0.05) is 37.9 Å². The Morgan fingerprint density at radius 1 is 1.00 bits per heavy atom. The highest BCUT2D eigenvalue weighted by atomic mass is 35.5. The van der Waals surface area contributed by atoms with E-state index in [1.807, 2.05) is 0 Å². The van der Waals surface area contributed by atoms with E-state index in [9.17, 15) is 22.8 Å². The first-order chi connectivity index (χ1) is 15.8. The summed E-state index contributed by atoms with van der Waals surface area (Å²) < 4.78 is 41.2. The fraction of sp³-hybridized carbons (Fsp3) is 0.455. The van der Waals surface area contributed by atoms with Gasteiger partial charge in [-0.05, 0) is 43.6 Å². The molecule has 1 fully saturated rings. The Hall–Kier alpha value is -2.76. The lowest BCUT2D eigenvalue weighted by Gasteiger charge is -2.34. The standard InChI is InChI=1S/C22H23F3N6O2.ClH/c23-22(24,25)18-3-1-14(10-28-18)9-26-15-5-7-29(8-6-15)12-16-13-30-19(32)4-2-17-21(30)31(16)20(33)11-27-17;/h1-4,10-11,15-16,26H,5-9,12-13H2;1H. The van der Waals surface area contributed by atoms with E-state index in [1.54, 1.807) is 15.2 Å². The molecule has 0 saturated carbocycles. The second-order valence-electron chi connectivity index (χ2n) is 8.62. The number of nitrogens with zero attached hydrogens (tertiary/aromatic N) is 5. The molecule has 0 aromatic carbocycles. The van der Waals surface area contributed by atoms with Gasteiger partial charge in [0.15, 0.2) is 0 Å². The number of rotatable bonds is 5. The van der Waals surface area contributed by atoms with E-state index < -0.39 is 11.9 Å². The maximum Gasteiger partial charge on any atom is 0.433 e. The number of piperidine rings is 1. The van der Waals surface area contributed by atoms with Crippen molar-refractivity contribution < 1.29 is 13.2 Å². The smallest absolute Gasteiger partial charge is 0.310 e. The second-order valence-corrected chi connectivity index (χ2v) is 8.62. The van der Waals surface area contributed by atoms with Crippen LogP contribution < -0.4 is 16.4 Å². The van der Waals surface area contributed by atoms with Crippen molar-refractivity contribution >= 4 is 23.6 Å². The van der Waals surface area contributed by atoms with Crippen LogP contribution in [0.3, 0.4) is 0 Å². The molecule has 0 bridgehead atoms. The van der Waals surface area contributed by atoms with Gasteiger partial charge >= 0.3 is 6.18 Å². The molecular weight excluding hydrogens is 473 g/mol. The summed E-state index contributed by atoms with van der Waals surface area (Å²) in [5, 5.41) is 3.40. The third kappa shape index (κ3) is 4.73. The van der Waals surface area contributed by atoms with Crippen LogP contribution >= 0.6 is 12.4 Å². The number of nitrogens with one attached hydrogen (secondary N) is 1. The molecule has 0 spiro atoms. The molecule has 3 aromatic rings. The zero-order valence-corrected chi connectivity index (χ0v) is 19.0. The van der Waals surface area contributed by atoms with Crippen LogP contribution in [0.15, 0.2) is 46.2 Å². The highest BCUT2D eigenvalue weighted by Gasteiger charge is 2.32. The summed E-state index contributed by atoms with van der Waals surface area (Å²) in [5.74, 6) is 0. The lowest BCUT2D eigenvalue weighted by Crippen LogP contribution is -2.44. The molecular formula is C22H24ClF3N6O2. The van der Waals surface area contributed by atoms with Crippen molar-refractivity contribution in [2.24, 2.45) is 0 Å². The first-order valence-electron chi connectivity index (χ1n) is 10.9. The summed E-state index contributed by atoms with van der Waals surface area (Å²) in [6.07, 6.45) is -0.0946. The van der Waals surface area contributed by atoms with Gasteiger partial charge in [0.1, 0.15) is 16.9 Å². The molecule has 0 radical (unpaired) electrons. The minimum absolute atomic E-state index is 0. The van der Waals surface area contributed by atoms with Crippen LogP contribution in [0.5, 0.6) is 0 Å². The minimum Gasteiger partial charge on any atom is -0.310 e. The normalized spacial score (nSPS) is 18.9. The first-order valence-corrected chi connectivity index (χ1v) is 10.9. The number of hydrogen-bond donors (Lipinski definition) is 1. The Bertz CT molecular complexity index is 1280. The number of halogens is 4. The molecule has 1 saturated heterocycles. The van der Waals surface area contributed by atoms with E-state index in [2.05, 4.69) is 20.2 Å².